The topological polar surface area (TPSA) is 104 Å². The third kappa shape index (κ3) is 4.51. The van der Waals surface area contributed by atoms with Crippen molar-refractivity contribution >= 4 is 28.4 Å². The fourth-order valence-electron chi connectivity index (χ4n) is 6.37. The van der Waals surface area contributed by atoms with E-state index >= 15 is 0 Å². The van der Waals surface area contributed by atoms with Gasteiger partial charge < -0.3 is 20.2 Å². The van der Waals surface area contributed by atoms with Crippen molar-refractivity contribution < 1.29 is 5.11 Å². The molecule has 1 saturated heterocycles. The number of hydrogen-bond acceptors (Lipinski definition) is 8. The van der Waals surface area contributed by atoms with Crippen molar-refractivity contribution in [3.8, 4) is 5.82 Å². The monoisotopic (exact) mass is 552 g/mol. The van der Waals surface area contributed by atoms with Gasteiger partial charge in [-0.3, -0.25) is 4.79 Å². The van der Waals surface area contributed by atoms with E-state index < -0.39 is 6.10 Å². The van der Waals surface area contributed by atoms with E-state index in [4.69, 9.17) is 9.97 Å². The number of aryl methyl sites for hydroxylation is 1. The normalized spacial score (nSPS) is 19.9. The van der Waals surface area contributed by atoms with Crippen molar-refractivity contribution in [2.45, 2.75) is 45.3 Å². The lowest BCUT2D eigenvalue weighted by molar-refractivity contribution is 0.0734. The number of nitrogens with one attached hydrogen (secondary N) is 1. The Morgan fingerprint density at radius 1 is 1.07 bits per heavy atom. The van der Waals surface area contributed by atoms with Gasteiger partial charge in [-0.1, -0.05) is 19.1 Å². The van der Waals surface area contributed by atoms with E-state index in [2.05, 4.69) is 45.7 Å². The third-order valence-electron chi connectivity index (χ3n) is 9.12. The molecule has 0 radical (unpaired) electrons. The van der Waals surface area contributed by atoms with Crippen LogP contribution in [0.15, 0.2) is 60.0 Å². The first kappa shape index (κ1) is 25.9. The van der Waals surface area contributed by atoms with E-state index in [0.29, 0.717) is 28.5 Å². The van der Waals surface area contributed by atoms with Gasteiger partial charge in [0.25, 0.3) is 5.56 Å². The molecule has 1 saturated carbocycles. The number of nitrogens with zero attached hydrogens (tertiary/aromatic N) is 7. The molecular formula is C31H36N8O2. The fraction of sp³-hybridized carbons (Fsp3) is 0.419. The zero-order valence-corrected chi connectivity index (χ0v) is 23.5. The van der Waals surface area contributed by atoms with Crippen LogP contribution < -0.4 is 15.8 Å². The molecule has 2 N–H and O–H groups in total. The summed E-state index contributed by atoms with van der Waals surface area (Å²) >= 11 is 0. The first-order valence-electron chi connectivity index (χ1n) is 14.6. The summed E-state index contributed by atoms with van der Waals surface area (Å²) in [7, 11) is 0. The average molecular weight is 553 g/mol. The molecule has 4 heterocycles. The number of pyridine rings is 1. The molecule has 2 aliphatic carbocycles. The highest BCUT2D eigenvalue weighted by molar-refractivity contribution is 5.77. The minimum atomic E-state index is -0.585. The van der Waals surface area contributed by atoms with Crippen LogP contribution in [-0.4, -0.2) is 67.0 Å². The Labute approximate surface area is 238 Å². The Hall–Kier alpha value is -4.02. The number of allylic oxidation sites excluding steroid dienone is 1. The molecule has 1 atom stereocenters. The molecule has 10 heteroatoms. The Kier molecular flexibility index (Phi) is 6.39. The fourth-order valence-corrected chi connectivity index (χ4v) is 6.37. The van der Waals surface area contributed by atoms with Crippen LogP contribution in [0.4, 0.5) is 17.3 Å². The molecule has 3 aliphatic rings. The van der Waals surface area contributed by atoms with Gasteiger partial charge in [-0.2, -0.15) is 4.98 Å². The molecule has 41 heavy (non-hydrogen) atoms. The van der Waals surface area contributed by atoms with Crippen molar-refractivity contribution in [2.75, 3.05) is 42.9 Å². The second kappa shape index (κ2) is 10.1. The number of rotatable bonds is 7. The minimum absolute atomic E-state index is 0.0309. The number of fused-ring (bicyclic) bond motifs is 2. The number of aliphatic hydroxyl groups excluding tert-OH is 1. The smallest absolute Gasteiger partial charge is 0.278 e. The number of piperazine rings is 1. The molecule has 0 bridgehead atoms. The summed E-state index contributed by atoms with van der Waals surface area (Å²) in [6, 6.07) is 12.2. The molecule has 1 aromatic carbocycles. The summed E-state index contributed by atoms with van der Waals surface area (Å²) in [4.78, 5) is 32.4. The quantitative estimate of drug-likeness (QED) is 0.334. The van der Waals surface area contributed by atoms with Crippen LogP contribution in [0.25, 0.3) is 16.9 Å². The summed E-state index contributed by atoms with van der Waals surface area (Å²) in [6.45, 7) is 11.6. The molecule has 3 aromatic heterocycles. The van der Waals surface area contributed by atoms with Gasteiger partial charge in [0.2, 0.25) is 5.95 Å². The van der Waals surface area contributed by atoms with Gasteiger partial charge in [0.15, 0.2) is 11.5 Å². The maximum Gasteiger partial charge on any atom is 0.278 e. The molecule has 1 aliphatic heterocycles. The van der Waals surface area contributed by atoms with Gasteiger partial charge in [-0.25, -0.2) is 19.3 Å². The minimum Gasteiger partial charge on any atom is -0.386 e. The highest BCUT2D eigenvalue weighted by atomic mass is 16.3. The largest absolute Gasteiger partial charge is 0.386 e. The zero-order chi connectivity index (χ0) is 28.1. The van der Waals surface area contributed by atoms with Gasteiger partial charge in [0.1, 0.15) is 11.5 Å². The van der Waals surface area contributed by atoms with Crippen LogP contribution in [-0.2, 0) is 13.0 Å². The number of hydrogen-bond donors (Lipinski definition) is 2. The maximum absolute atomic E-state index is 13.4. The Bertz CT molecular complexity index is 1660. The van der Waals surface area contributed by atoms with Crippen molar-refractivity contribution in [3.63, 3.8) is 0 Å². The van der Waals surface area contributed by atoms with E-state index in [9.17, 15) is 9.90 Å². The van der Waals surface area contributed by atoms with E-state index in [-0.39, 0.29) is 17.5 Å². The van der Waals surface area contributed by atoms with E-state index in [1.807, 2.05) is 24.3 Å². The predicted octanol–water partition coefficient (Wildman–Crippen LogP) is 3.81. The van der Waals surface area contributed by atoms with Crippen molar-refractivity contribution in [1.29, 1.82) is 0 Å². The molecular weight excluding hydrogens is 516 g/mol. The maximum atomic E-state index is 13.4. The number of aromatic nitrogens is 5. The molecule has 0 amide bonds. The molecule has 7 rings (SSSR count). The summed E-state index contributed by atoms with van der Waals surface area (Å²) in [5.41, 5.74) is 4.07. The summed E-state index contributed by atoms with van der Waals surface area (Å²) in [5, 5.41) is 14.9. The summed E-state index contributed by atoms with van der Waals surface area (Å²) < 4.78 is 3.30. The SMILES string of the molecule is C=CCn1c(=O)c2cnc(Nc3ccc(N4CCN(CC)CC4)cc3)nc2n1-c1ccc2c(n1)C(O)C1(CC2)CC1. The van der Waals surface area contributed by atoms with Crippen molar-refractivity contribution in [1.82, 2.24) is 29.2 Å². The molecule has 212 valence electrons. The number of aliphatic hydroxyl groups is 1. The number of likely N-dealkylation sites (N-methyl/N-ethyl adjacent to an activating group) is 1. The van der Waals surface area contributed by atoms with Gasteiger partial charge in [0, 0.05) is 49.2 Å². The second-order valence-electron chi connectivity index (χ2n) is 11.5. The average Bonchev–Trinajstić information content (AvgIpc) is 3.74. The van der Waals surface area contributed by atoms with E-state index in [0.717, 1.165) is 69.7 Å². The first-order chi connectivity index (χ1) is 20.0. The van der Waals surface area contributed by atoms with Crippen LogP contribution in [0.3, 0.4) is 0 Å². The third-order valence-corrected chi connectivity index (χ3v) is 9.12. The van der Waals surface area contributed by atoms with Crippen LogP contribution in [0.5, 0.6) is 0 Å². The van der Waals surface area contributed by atoms with E-state index in [1.54, 1.807) is 21.6 Å². The summed E-state index contributed by atoms with van der Waals surface area (Å²) in [5.74, 6) is 0.938. The van der Waals surface area contributed by atoms with Gasteiger partial charge in [-0.15, -0.1) is 6.58 Å². The predicted molar refractivity (Wildman–Crippen MR) is 160 cm³/mol. The molecule has 2 fully saturated rings. The first-order valence-corrected chi connectivity index (χ1v) is 14.6. The van der Waals surface area contributed by atoms with Gasteiger partial charge in [-0.05, 0) is 68.1 Å². The Balaban J connectivity index is 1.21. The Morgan fingerprint density at radius 2 is 1.85 bits per heavy atom. The highest BCUT2D eigenvalue weighted by Gasteiger charge is 2.52. The summed E-state index contributed by atoms with van der Waals surface area (Å²) in [6.07, 6.45) is 6.64. The molecule has 1 unspecified atom stereocenters. The lowest BCUT2D eigenvalue weighted by Gasteiger charge is -2.35. The number of benzene rings is 1. The second-order valence-corrected chi connectivity index (χ2v) is 11.5. The van der Waals surface area contributed by atoms with Crippen molar-refractivity contribution in [2.24, 2.45) is 5.41 Å². The molecule has 10 nitrogen and oxygen atoms in total. The molecule has 1 spiro atoms. The standard InChI is InChI=1S/C31H36N8O2/c1-3-15-38-29(41)24-20-32-30(33-22-6-8-23(9-7-22)37-18-16-36(4-2)17-19-37)35-28(24)39(38)25-10-5-21-11-12-31(13-14-31)27(40)26(21)34-25/h3,5-10,20,27,40H,1,4,11-19H2,2H3,(H,32,33,35). The van der Waals surface area contributed by atoms with Crippen molar-refractivity contribution in [3.05, 3.63) is 76.9 Å². The Morgan fingerprint density at radius 3 is 2.56 bits per heavy atom. The van der Waals surface area contributed by atoms with Crippen LogP contribution in [0.1, 0.15) is 43.5 Å². The number of anilines is 3. The van der Waals surface area contributed by atoms with E-state index in [1.165, 1.54) is 5.69 Å². The molecule has 4 aromatic rings. The van der Waals surface area contributed by atoms with Gasteiger partial charge in [0.05, 0.1) is 12.2 Å². The van der Waals surface area contributed by atoms with Crippen LogP contribution >= 0.6 is 0 Å². The highest BCUT2D eigenvalue weighted by Crippen LogP contribution is 2.60. The lowest BCUT2D eigenvalue weighted by Crippen LogP contribution is -2.46. The zero-order valence-electron chi connectivity index (χ0n) is 23.5. The van der Waals surface area contributed by atoms with Gasteiger partial charge >= 0.3 is 0 Å². The van der Waals surface area contributed by atoms with Crippen LogP contribution in [0, 0.1) is 5.41 Å². The lowest BCUT2D eigenvalue weighted by atomic mass is 9.82. The van der Waals surface area contributed by atoms with Crippen LogP contribution in [0.2, 0.25) is 0 Å².